The number of aliphatic hydroxyl groups is 2. The van der Waals surface area contributed by atoms with Crippen LogP contribution >= 0.6 is 0 Å². The summed E-state index contributed by atoms with van der Waals surface area (Å²) in [5.41, 5.74) is -0.0720. The molecule has 33 heavy (non-hydrogen) atoms. The van der Waals surface area contributed by atoms with E-state index in [2.05, 4.69) is 36.4 Å². The fourth-order valence-electron chi connectivity index (χ4n) is 7.76. The summed E-state index contributed by atoms with van der Waals surface area (Å²) in [6, 6.07) is 2.27. The molecule has 0 aromatic rings. The summed E-state index contributed by atoms with van der Waals surface area (Å²) in [7, 11) is 1.70. The molecule has 2 N–H and O–H groups in total. The SMILES string of the molecule is COC1=C2C(=CC13CCCC3)O[C@@]1(C3=CC=C(C#N)CC3)C(C3C=CC=C3)C[C@H](CO)[C@@]21O. The van der Waals surface area contributed by atoms with Crippen LogP contribution in [0.4, 0.5) is 0 Å². The summed E-state index contributed by atoms with van der Waals surface area (Å²) in [4.78, 5) is 0. The van der Waals surface area contributed by atoms with Gasteiger partial charge in [-0.25, -0.2) is 0 Å². The molecule has 0 radical (unpaired) electrons. The average molecular weight is 446 g/mol. The van der Waals surface area contributed by atoms with Crippen LogP contribution in [0.25, 0.3) is 0 Å². The summed E-state index contributed by atoms with van der Waals surface area (Å²) in [5, 5.41) is 32.8. The lowest BCUT2D eigenvalue weighted by Gasteiger charge is -2.45. The number of ether oxygens (including phenoxy) is 2. The van der Waals surface area contributed by atoms with Gasteiger partial charge in [-0.05, 0) is 49.8 Å². The van der Waals surface area contributed by atoms with Crippen molar-refractivity contribution in [1.82, 2.24) is 0 Å². The van der Waals surface area contributed by atoms with E-state index in [0.717, 1.165) is 53.9 Å². The van der Waals surface area contributed by atoms with Crippen LogP contribution in [0, 0.1) is 34.5 Å². The summed E-state index contributed by atoms with van der Waals surface area (Å²) in [5.74, 6) is 1.29. The molecule has 6 rings (SSSR count). The minimum absolute atomic E-state index is 0.0328. The largest absolute Gasteiger partial charge is 0.500 e. The third-order valence-electron chi connectivity index (χ3n) is 9.14. The first kappa shape index (κ1) is 21.0. The summed E-state index contributed by atoms with van der Waals surface area (Å²) < 4.78 is 13.1. The van der Waals surface area contributed by atoms with Crippen molar-refractivity contribution >= 4 is 0 Å². The molecule has 5 heteroatoms. The molecule has 1 aliphatic heterocycles. The zero-order valence-electron chi connectivity index (χ0n) is 19.1. The Hall–Kier alpha value is -2.55. The molecule has 1 unspecified atom stereocenters. The quantitative estimate of drug-likeness (QED) is 0.671. The molecule has 5 nitrogen and oxygen atoms in total. The molecule has 0 aromatic heterocycles. The Labute approximate surface area is 195 Å². The van der Waals surface area contributed by atoms with E-state index in [4.69, 9.17) is 9.47 Å². The van der Waals surface area contributed by atoms with E-state index >= 15 is 0 Å². The molecule has 6 aliphatic rings. The molecular weight excluding hydrogens is 414 g/mol. The third-order valence-corrected chi connectivity index (χ3v) is 9.14. The predicted octanol–water partition coefficient (Wildman–Crippen LogP) is 4.39. The second-order valence-electron chi connectivity index (χ2n) is 10.4. The van der Waals surface area contributed by atoms with Crippen LogP contribution in [0.2, 0.25) is 0 Å². The summed E-state index contributed by atoms with van der Waals surface area (Å²) >= 11 is 0. The molecule has 1 heterocycles. The maximum atomic E-state index is 12.8. The molecule has 1 saturated heterocycles. The minimum Gasteiger partial charge on any atom is -0.500 e. The Balaban J connectivity index is 1.59. The van der Waals surface area contributed by atoms with E-state index < -0.39 is 11.2 Å². The molecule has 172 valence electrons. The van der Waals surface area contributed by atoms with E-state index in [0.29, 0.717) is 19.3 Å². The third kappa shape index (κ3) is 2.49. The Bertz CT molecular complexity index is 1100. The van der Waals surface area contributed by atoms with E-state index in [1.807, 2.05) is 12.2 Å². The van der Waals surface area contributed by atoms with Crippen molar-refractivity contribution in [3.05, 3.63) is 70.8 Å². The van der Waals surface area contributed by atoms with Gasteiger partial charge in [-0.3, -0.25) is 0 Å². The second-order valence-corrected chi connectivity index (χ2v) is 10.4. The molecule has 0 amide bonds. The number of aliphatic hydroxyl groups excluding tert-OH is 1. The van der Waals surface area contributed by atoms with Crippen molar-refractivity contribution in [3.63, 3.8) is 0 Å². The fourth-order valence-corrected chi connectivity index (χ4v) is 7.76. The van der Waals surface area contributed by atoms with Gasteiger partial charge in [0.2, 0.25) is 0 Å². The highest BCUT2D eigenvalue weighted by Gasteiger charge is 2.76. The number of hydrogen-bond donors (Lipinski definition) is 2. The average Bonchev–Trinajstić information content (AvgIpc) is 3.63. The zero-order chi connectivity index (χ0) is 22.8. The lowest BCUT2D eigenvalue weighted by molar-refractivity contribution is -0.106. The van der Waals surface area contributed by atoms with E-state index in [9.17, 15) is 15.5 Å². The van der Waals surface area contributed by atoms with Crippen molar-refractivity contribution in [2.45, 2.75) is 56.1 Å². The van der Waals surface area contributed by atoms with Gasteiger partial charge in [0, 0.05) is 29.9 Å². The smallest absolute Gasteiger partial charge is 0.167 e. The molecule has 0 aromatic carbocycles. The van der Waals surface area contributed by atoms with E-state index in [-0.39, 0.29) is 29.8 Å². The normalized spacial score (nSPS) is 38.2. The number of nitriles is 1. The van der Waals surface area contributed by atoms with Gasteiger partial charge in [-0.1, -0.05) is 43.2 Å². The van der Waals surface area contributed by atoms with Crippen LogP contribution in [0.15, 0.2) is 70.8 Å². The molecule has 2 saturated carbocycles. The zero-order valence-corrected chi connectivity index (χ0v) is 19.1. The van der Waals surface area contributed by atoms with Crippen LogP contribution in [0.3, 0.4) is 0 Å². The Morgan fingerprint density at radius 1 is 1.18 bits per heavy atom. The Morgan fingerprint density at radius 2 is 1.94 bits per heavy atom. The van der Waals surface area contributed by atoms with Crippen molar-refractivity contribution in [1.29, 1.82) is 5.26 Å². The summed E-state index contributed by atoms with van der Waals surface area (Å²) in [6.07, 6.45) is 20.7. The highest BCUT2D eigenvalue weighted by molar-refractivity contribution is 5.60. The van der Waals surface area contributed by atoms with Crippen LogP contribution in [0.5, 0.6) is 0 Å². The first-order valence-electron chi connectivity index (χ1n) is 12.2. The number of fused-ring (bicyclic) bond motifs is 3. The number of methoxy groups -OCH3 is 1. The number of rotatable bonds is 4. The molecule has 5 aliphatic carbocycles. The van der Waals surface area contributed by atoms with Crippen molar-refractivity contribution < 1.29 is 19.7 Å². The van der Waals surface area contributed by atoms with Crippen LogP contribution in [-0.2, 0) is 9.47 Å². The molecule has 1 spiro atoms. The molecule has 3 fully saturated rings. The first-order valence-corrected chi connectivity index (χ1v) is 12.2. The van der Waals surface area contributed by atoms with Gasteiger partial charge in [-0.15, -0.1) is 0 Å². The first-order chi connectivity index (χ1) is 16.0. The van der Waals surface area contributed by atoms with Crippen molar-refractivity contribution in [3.8, 4) is 6.07 Å². The van der Waals surface area contributed by atoms with Gasteiger partial charge in [-0.2, -0.15) is 5.26 Å². The minimum atomic E-state index is -1.39. The monoisotopic (exact) mass is 445 g/mol. The van der Waals surface area contributed by atoms with Gasteiger partial charge in [0.1, 0.15) is 17.1 Å². The van der Waals surface area contributed by atoms with E-state index in [1.165, 1.54) is 0 Å². The summed E-state index contributed by atoms with van der Waals surface area (Å²) in [6.45, 7) is -0.119. The van der Waals surface area contributed by atoms with E-state index in [1.54, 1.807) is 7.11 Å². The van der Waals surface area contributed by atoms with Crippen molar-refractivity contribution in [2.24, 2.45) is 23.2 Å². The number of hydrogen-bond acceptors (Lipinski definition) is 5. The second kappa shape index (κ2) is 7.22. The van der Waals surface area contributed by atoms with Gasteiger partial charge < -0.3 is 19.7 Å². The lowest BCUT2D eigenvalue weighted by Crippen LogP contribution is -2.57. The Morgan fingerprint density at radius 3 is 2.55 bits per heavy atom. The maximum absolute atomic E-state index is 12.8. The topological polar surface area (TPSA) is 82.7 Å². The van der Waals surface area contributed by atoms with Crippen molar-refractivity contribution in [2.75, 3.05) is 13.7 Å². The predicted molar refractivity (Wildman–Crippen MR) is 123 cm³/mol. The van der Waals surface area contributed by atoms with Gasteiger partial charge in [0.15, 0.2) is 5.60 Å². The van der Waals surface area contributed by atoms with Crippen LogP contribution in [0.1, 0.15) is 44.9 Å². The highest BCUT2D eigenvalue weighted by atomic mass is 16.5. The van der Waals surface area contributed by atoms with Gasteiger partial charge >= 0.3 is 0 Å². The lowest BCUT2D eigenvalue weighted by atomic mass is 9.66. The maximum Gasteiger partial charge on any atom is 0.167 e. The standard InChI is InChI=1S/C28H31NO4/c1-32-25-24-23(15-26(25)12-4-5-13-26)33-28(20-10-8-18(16-29)9-11-20)22(19-6-2-3-7-19)14-21(17-30)27(24,28)31/h2-3,6-8,10,15,19,21-22,30-31H,4-5,9,11-14,17H2,1H3/t21-,22?,27-,28+/m1/s1. The van der Waals surface area contributed by atoms with Crippen LogP contribution in [-0.4, -0.2) is 35.1 Å². The number of nitrogens with zero attached hydrogens (tertiary/aromatic N) is 1. The van der Waals surface area contributed by atoms with Gasteiger partial charge in [0.05, 0.1) is 24.2 Å². The highest BCUT2D eigenvalue weighted by Crippen LogP contribution is 2.70. The molecular formula is C28H31NO4. The fraction of sp³-hybridized carbons (Fsp3) is 0.536. The molecule has 4 atom stereocenters. The number of allylic oxidation sites excluding steroid dienone is 8. The van der Waals surface area contributed by atoms with Crippen LogP contribution < -0.4 is 0 Å². The molecule has 0 bridgehead atoms. The van der Waals surface area contributed by atoms with Gasteiger partial charge in [0.25, 0.3) is 0 Å². The Kier molecular flexibility index (Phi) is 4.60.